The molecule has 15 heavy (non-hydrogen) atoms. The summed E-state index contributed by atoms with van der Waals surface area (Å²) in [5.74, 6) is 0. The van der Waals surface area contributed by atoms with Crippen LogP contribution in [0.5, 0.6) is 0 Å². The molecule has 1 aromatic rings. The lowest BCUT2D eigenvalue weighted by atomic mass is 9.93. The molecule has 0 saturated heterocycles. The van der Waals surface area contributed by atoms with Gasteiger partial charge in [0.2, 0.25) is 0 Å². The molecular formula is C10H17NO2S2. The van der Waals surface area contributed by atoms with Crippen LogP contribution in [0.15, 0.2) is 5.38 Å². The van der Waals surface area contributed by atoms with Crippen molar-refractivity contribution in [2.75, 3.05) is 6.26 Å². The number of sulfone groups is 1. The molecule has 1 aromatic heterocycles. The largest absolute Gasteiger partial charge is 0.244 e. The molecule has 0 aliphatic heterocycles. The third kappa shape index (κ3) is 3.01. The molecule has 0 saturated carbocycles. The minimum atomic E-state index is -3.04. The molecule has 1 unspecified atom stereocenters. The van der Waals surface area contributed by atoms with Crippen LogP contribution >= 0.6 is 11.3 Å². The lowest BCUT2D eigenvalue weighted by molar-refractivity contribution is 0.568. The van der Waals surface area contributed by atoms with Crippen molar-refractivity contribution < 1.29 is 8.42 Å². The highest BCUT2D eigenvalue weighted by Gasteiger charge is 2.24. The van der Waals surface area contributed by atoms with E-state index >= 15 is 0 Å². The molecule has 0 N–H and O–H groups in total. The summed E-state index contributed by atoms with van der Waals surface area (Å²) in [6.07, 6.45) is 1.25. The van der Waals surface area contributed by atoms with Crippen molar-refractivity contribution in [3.05, 3.63) is 16.1 Å². The van der Waals surface area contributed by atoms with E-state index in [1.165, 1.54) is 17.6 Å². The topological polar surface area (TPSA) is 47.0 Å². The van der Waals surface area contributed by atoms with Gasteiger partial charge in [-0.15, -0.1) is 11.3 Å². The first-order valence-electron chi connectivity index (χ1n) is 4.77. The van der Waals surface area contributed by atoms with Gasteiger partial charge in [-0.1, -0.05) is 20.8 Å². The summed E-state index contributed by atoms with van der Waals surface area (Å²) < 4.78 is 22.7. The smallest absolute Gasteiger partial charge is 0.156 e. The van der Waals surface area contributed by atoms with Crippen LogP contribution in [0.2, 0.25) is 0 Å². The Bertz CT molecular complexity index is 440. The van der Waals surface area contributed by atoms with E-state index in [1.807, 2.05) is 5.38 Å². The fraction of sp³-hybridized carbons (Fsp3) is 0.700. The minimum absolute atomic E-state index is 0.0219. The van der Waals surface area contributed by atoms with Crippen molar-refractivity contribution >= 4 is 21.2 Å². The standard InChI is InChI=1S/C10H17NO2S2/c1-7(15(5,12)13)9-11-8(6-14-9)10(2,3)4/h6-7H,1-5H3. The summed E-state index contributed by atoms with van der Waals surface area (Å²) in [6, 6.07) is 0. The molecule has 0 aliphatic carbocycles. The Labute approximate surface area is 95.5 Å². The zero-order valence-corrected chi connectivity index (χ0v) is 11.4. The number of rotatable bonds is 2. The van der Waals surface area contributed by atoms with Crippen molar-refractivity contribution in [1.82, 2.24) is 4.98 Å². The summed E-state index contributed by atoms with van der Waals surface area (Å²) in [5.41, 5.74) is 0.935. The number of nitrogens with zero attached hydrogens (tertiary/aromatic N) is 1. The van der Waals surface area contributed by atoms with Gasteiger partial charge < -0.3 is 0 Å². The molecule has 0 fully saturated rings. The monoisotopic (exact) mass is 247 g/mol. The van der Waals surface area contributed by atoms with Crippen LogP contribution in [0.25, 0.3) is 0 Å². The second-order valence-electron chi connectivity index (χ2n) is 4.79. The van der Waals surface area contributed by atoms with Crippen LogP contribution < -0.4 is 0 Å². The molecule has 0 aromatic carbocycles. The van der Waals surface area contributed by atoms with Gasteiger partial charge in [-0.3, -0.25) is 0 Å². The lowest BCUT2D eigenvalue weighted by Crippen LogP contribution is -2.13. The van der Waals surface area contributed by atoms with Gasteiger partial charge in [0.1, 0.15) is 10.3 Å². The van der Waals surface area contributed by atoms with E-state index in [0.717, 1.165) is 5.69 Å². The van der Waals surface area contributed by atoms with E-state index in [4.69, 9.17) is 0 Å². The summed E-state index contributed by atoms with van der Waals surface area (Å²) in [4.78, 5) is 4.39. The molecule has 3 nitrogen and oxygen atoms in total. The highest BCUT2D eigenvalue weighted by atomic mass is 32.2. The number of aromatic nitrogens is 1. The van der Waals surface area contributed by atoms with Gasteiger partial charge in [-0.25, -0.2) is 13.4 Å². The molecule has 0 amide bonds. The molecule has 1 heterocycles. The molecule has 86 valence electrons. The highest BCUT2D eigenvalue weighted by Crippen LogP contribution is 2.29. The lowest BCUT2D eigenvalue weighted by Gasteiger charge is -2.14. The Morgan fingerprint density at radius 1 is 1.40 bits per heavy atom. The third-order valence-corrected chi connectivity index (χ3v) is 4.96. The summed E-state index contributed by atoms with van der Waals surface area (Å²) in [6.45, 7) is 7.88. The number of hydrogen-bond acceptors (Lipinski definition) is 4. The van der Waals surface area contributed by atoms with Crippen molar-refractivity contribution in [2.45, 2.75) is 38.4 Å². The fourth-order valence-corrected chi connectivity index (χ4v) is 3.09. The van der Waals surface area contributed by atoms with E-state index in [1.54, 1.807) is 6.92 Å². The molecule has 1 rings (SSSR count). The van der Waals surface area contributed by atoms with Crippen molar-refractivity contribution in [3.63, 3.8) is 0 Å². The van der Waals surface area contributed by atoms with Gasteiger partial charge >= 0.3 is 0 Å². The number of thiazole rings is 1. The summed E-state index contributed by atoms with van der Waals surface area (Å²) in [5, 5.41) is 2.12. The Balaban J connectivity index is 3.06. The van der Waals surface area contributed by atoms with Gasteiger partial charge in [-0.2, -0.15) is 0 Å². The highest BCUT2D eigenvalue weighted by molar-refractivity contribution is 7.91. The van der Waals surface area contributed by atoms with Crippen LogP contribution in [-0.2, 0) is 15.3 Å². The zero-order chi connectivity index (χ0) is 11.9. The van der Waals surface area contributed by atoms with Crippen LogP contribution in [0.4, 0.5) is 0 Å². The molecule has 1 atom stereocenters. The van der Waals surface area contributed by atoms with Crippen molar-refractivity contribution in [2.24, 2.45) is 0 Å². The molecule has 5 heteroatoms. The Hall–Kier alpha value is -0.420. The third-order valence-electron chi connectivity index (χ3n) is 2.28. The van der Waals surface area contributed by atoms with Gasteiger partial charge in [-0.05, 0) is 6.92 Å². The molecular weight excluding hydrogens is 230 g/mol. The normalized spacial score (nSPS) is 15.3. The zero-order valence-electron chi connectivity index (χ0n) is 9.73. The van der Waals surface area contributed by atoms with Crippen molar-refractivity contribution in [3.8, 4) is 0 Å². The maximum absolute atomic E-state index is 11.4. The van der Waals surface area contributed by atoms with Gasteiger partial charge in [0.25, 0.3) is 0 Å². The van der Waals surface area contributed by atoms with Crippen LogP contribution in [0.1, 0.15) is 43.6 Å². The van der Waals surface area contributed by atoms with Gasteiger partial charge in [0, 0.05) is 17.1 Å². The van der Waals surface area contributed by atoms with E-state index < -0.39 is 15.1 Å². The minimum Gasteiger partial charge on any atom is -0.244 e. The summed E-state index contributed by atoms with van der Waals surface area (Å²) >= 11 is 1.42. The van der Waals surface area contributed by atoms with Crippen LogP contribution in [-0.4, -0.2) is 19.7 Å². The van der Waals surface area contributed by atoms with Gasteiger partial charge in [0.05, 0.1) is 5.69 Å². The average Bonchev–Trinajstić information content (AvgIpc) is 2.47. The fourth-order valence-electron chi connectivity index (χ4n) is 1.00. The first-order chi connectivity index (χ1) is 6.62. The quantitative estimate of drug-likeness (QED) is 0.807. The van der Waals surface area contributed by atoms with Crippen molar-refractivity contribution in [1.29, 1.82) is 0 Å². The predicted molar refractivity (Wildman–Crippen MR) is 64.1 cm³/mol. The summed E-state index contributed by atoms with van der Waals surface area (Å²) in [7, 11) is -3.04. The Kier molecular flexibility index (Phi) is 3.26. The van der Waals surface area contributed by atoms with E-state index in [2.05, 4.69) is 25.8 Å². The molecule has 0 spiro atoms. The SMILES string of the molecule is CC(c1nc(C(C)(C)C)cs1)S(C)(=O)=O. The van der Waals surface area contributed by atoms with E-state index in [0.29, 0.717) is 5.01 Å². The van der Waals surface area contributed by atoms with E-state index in [9.17, 15) is 8.42 Å². The number of hydrogen-bond donors (Lipinski definition) is 0. The van der Waals surface area contributed by atoms with Crippen LogP contribution in [0, 0.1) is 0 Å². The second-order valence-corrected chi connectivity index (χ2v) is 8.05. The Morgan fingerprint density at radius 3 is 2.27 bits per heavy atom. The van der Waals surface area contributed by atoms with Gasteiger partial charge in [0.15, 0.2) is 9.84 Å². The molecule has 0 bridgehead atoms. The average molecular weight is 247 g/mol. The Morgan fingerprint density at radius 2 is 1.93 bits per heavy atom. The van der Waals surface area contributed by atoms with Crippen LogP contribution in [0.3, 0.4) is 0 Å². The maximum Gasteiger partial charge on any atom is 0.156 e. The molecule has 0 radical (unpaired) electrons. The van der Waals surface area contributed by atoms with E-state index in [-0.39, 0.29) is 5.41 Å². The molecule has 0 aliphatic rings. The first-order valence-corrected chi connectivity index (χ1v) is 7.60. The second kappa shape index (κ2) is 3.87. The first kappa shape index (κ1) is 12.6. The predicted octanol–water partition coefficient (Wildman–Crippen LogP) is 2.55. The maximum atomic E-state index is 11.4.